The van der Waals surface area contributed by atoms with E-state index >= 15 is 0 Å². The van der Waals surface area contributed by atoms with Gasteiger partial charge in [-0.2, -0.15) is 0 Å². The summed E-state index contributed by atoms with van der Waals surface area (Å²) in [6.45, 7) is 4.03. The van der Waals surface area contributed by atoms with Crippen LogP contribution in [-0.2, 0) is 10.0 Å². The quantitative estimate of drug-likeness (QED) is 0.787. The highest BCUT2D eigenvalue weighted by molar-refractivity contribution is 7.89. The SMILES string of the molecule is CC(C)C(NS(=O)(=O)CC1CCCCC1)c1ccccc1N. The summed E-state index contributed by atoms with van der Waals surface area (Å²) in [4.78, 5) is 0. The molecule has 4 nitrogen and oxygen atoms in total. The van der Waals surface area contributed by atoms with Crippen molar-refractivity contribution >= 4 is 15.7 Å². The van der Waals surface area contributed by atoms with Crippen LogP contribution in [0.4, 0.5) is 5.69 Å². The van der Waals surface area contributed by atoms with Gasteiger partial charge in [0.05, 0.1) is 11.8 Å². The zero-order valence-corrected chi connectivity index (χ0v) is 14.4. The number of sulfonamides is 1. The average molecular weight is 324 g/mol. The molecule has 1 atom stereocenters. The summed E-state index contributed by atoms with van der Waals surface area (Å²) in [7, 11) is -3.30. The molecule has 1 aliphatic rings. The lowest BCUT2D eigenvalue weighted by atomic mass is 9.91. The summed E-state index contributed by atoms with van der Waals surface area (Å²) >= 11 is 0. The normalized spacial score (nSPS) is 18.5. The molecule has 0 saturated heterocycles. The van der Waals surface area contributed by atoms with Crippen molar-refractivity contribution in [1.82, 2.24) is 4.72 Å². The monoisotopic (exact) mass is 324 g/mol. The van der Waals surface area contributed by atoms with Crippen LogP contribution in [0, 0.1) is 11.8 Å². The summed E-state index contributed by atoms with van der Waals surface area (Å²) < 4.78 is 28.0. The van der Waals surface area contributed by atoms with Gasteiger partial charge in [-0.05, 0) is 36.3 Å². The Morgan fingerprint density at radius 1 is 1.18 bits per heavy atom. The van der Waals surface area contributed by atoms with Crippen molar-refractivity contribution < 1.29 is 8.42 Å². The zero-order valence-electron chi connectivity index (χ0n) is 13.6. The van der Waals surface area contributed by atoms with Crippen molar-refractivity contribution in [3.05, 3.63) is 29.8 Å². The van der Waals surface area contributed by atoms with E-state index in [0.29, 0.717) is 11.6 Å². The van der Waals surface area contributed by atoms with Crippen LogP contribution in [0.15, 0.2) is 24.3 Å². The Hall–Kier alpha value is -1.07. The van der Waals surface area contributed by atoms with Gasteiger partial charge in [0.2, 0.25) is 10.0 Å². The predicted molar refractivity (Wildman–Crippen MR) is 91.9 cm³/mol. The molecular weight excluding hydrogens is 296 g/mol. The van der Waals surface area contributed by atoms with Crippen LogP contribution >= 0.6 is 0 Å². The minimum Gasteiger partial charge on any atom is -0.398 e. The van der Waals surface area contributed by atoms with Crippen LogP contribution < -0.4 is 10.5 Å². The van der Waals surface area contributed by atoms with Crippen molar-refractivity contribution in [2.75, 3.05) is 11.5 Å². The Kier molecular flexibility index (Phi) is 5.87. The average Bonchev–Trinajstić information content (AvgIpc) is 2.46. The van der Waals surface area contributed by atoms with E-state index in [2.05, 4.69) is 4.72 Å². The number of hydrogen-bond acceptors (Lipinski definition) is 3. The fourth-order valence-electron chi connectivity index (χ4n) is 3.26. The van der Waals surface area contributed by atoms with Crippen molar-refractivity contribution in [3.63, 3.8) is 0 Å². The highest BCUT2D eigenvalue weighted by Crippen LogP contribution is 2.29. The van der Waals surface area contributed by atoms with Crippen LogP contribution in [0.3, 0.4) is 0 Å². The lowest BCUT2D eigenvalue weighted by Crippen LogP contribution is -2.36. The van der Waals surface area contributed by atoms with Crippen LogP contribution in [0.1, 0.15) is 57.6 Å². The molecule has 1 aliphatic carbocycles. The molecule has 0 aromatic heterocycles. The minimum atomic E-state index is -3.30. The Bertz CT molecular complexity index is 578. The number of benzene rings is 1. The summed E-state index contributed by atoms with van der Waals surface area (Å²) in [6.07, 6.45) is 5.60. The molecule has 0 bridgehead atoms. The molecule has 0 heterocycles. The number of hydrogen-bond donors (Lipinski definition) is 2. The Morgan fingerprint density at radius 2 is 1.82 bits per heavy atom. The molecule has 5 heteroatoms. The number of nitrogens with two attached hydrogens (primary N) is 1. The number of nitrogen functional groups attached to an aromatic ring is 1. The third-order valence-corrected chi connectivity index (χ3v) is 6.01. The van der Waals surface area contributed by atoms with Crippen molar-refractivity contribution in [3.8, 4) is 0 Å². The Balaban J connectivity index is 2.11. The maximum atomic E-state index is 12.5. The second-order valence-electron chi connectivity index (χ2n) is 6.75. The van der Waals surface area contributed by atoms with Gasteiger partial charge in [0.15, 0.2) is 0 Å². The van der Waals surface area contributed by atoms with E-state index in [4.69, 9.17) is 5.73 Å². The molecule has 124 valence electrons. The van der Waals surface area contributed by atoms with Crippen LogP contribution in [0.2, 0.25) is 0 Å². The maximum Gasteiger partial charge on any atom is 0.212 e. The van der Waals surface area contributed by atoms with E-state index in [1.165, 1.54) is 6.42 Å². The molecule has 1 aromatic rings. The van der Waals surface area contributed by atoms with Gasteiger partial charge in [-0.25, -0.2) is 13.1 Å². The van der Waals surface area contributed by atoms with E-state index in [0.717, 1.165) is 31.2 Å². The highest BCUT2D eigenvalue weighted by Gasteiger charge is 2.27. The molecule has 2 rings (SSSR count). The molecule has 1 fully saturated rings. The van der Waals surface area contributed by atoms with Crippen LogP contribution in [-0.4, -0.2) is 14.2 Å². The molecule has 0 amide bonds. The molecule has 0 radical (unpaired) electrons. The minimum absolute atomic E-state index is 0.144. The maximum absolute atomic E-state index is 12.5. The molecule has 1 saturated carbocycles. The first-order valence-electron chi connectivity index (χ1n) is 8.23. The molecule has 0 aliphatic heterocycles. The molecular formula is C17H28N2O2S. The number of rotatable bonds is 6. The predicted octanol–water partition coefficient (Wildman–Crippen LogP) is 3.47. The van der Waals surface area contributed by atoms with Gasteiger partial charge in [-0.3, -0.25) is 0 Å². The highest BCUT2D eigenvalue weighted by atomic mass is 32.2. The smallest absolute Gasteiger partial charge is 0.212 e. The molecule has 1 unspecified atom stereocenters. The first-order valence-corrected chi connectivity index (χ1v) is 9.88. The number of nitrogens with one attached hydrogen (secondary N) is 1. The second kappa shape index (κ2) is 7.47. The first-order chi connectivity index (χ1) is 10.4. The van der Waals surface area contributed by atoms with Crippen molar-refractivity contribution in [2.24, 2.45) is 11.8 Å². The van der Waals surface area contributed by atoms with Crippen LogP contribution in [0.5, 0.6) is 0 Å². The third-order valence-electron chi connectivity index (χ3n) is 4.48. The molecule has 1 aromatic carbocycles. The number of anilines is 1. The Labute approximate surface area is 134 Å². The van der Waals surface area contributed by atoms with Crippen molar-refractivity contribution in [2.45, 2.75) is 52.0 Å². The summed E-state index contributed by atoms with van der Waals surface area (Å²) in [5.74, 6) is 0.682. The Morgan fingerprint density at radius 3 is 2.41 bits per heavy atom. The largest absolute Gasteiger partial charge is 0.398 e. The second-order valence-corrected chi connectivity index (χ2v) is 8.55. The van der Waals surface area contributed by atoms with E-state index in [-0.39, 0.29) is 17.7 Å². The standard InChI is InChI=1S/C17H28N2O2S/c1-13(2)17(15-10-6-7-11-16(15)18)19-22(20,21)12-14-8-4-3-5-9-14/h6-7,10-11,13-14,17,19H,3-5,8-9,12,18H2,1-2H3. The van der Waals surface area contributed by atoms with Gasteiger partial charge in [0.1, 0.15) is 0 Å². The van der Waals surface area contributed by atoms with E-state index in [1.54, 1.807) is 0 Å². The lowest BCUT2D eigenvalue weighted by molar-refractivity contribution is 0.381. The van der Waals surface area contributed by atoms with Gasteiger partial charge < -0.3 is 5.73 Å². The third kappa shape index (κ3) is 4.71. The topological polar surface area (TPSA) is 72.2 Å². The van der Waals surface area contributed by atoms with Crippen molar-refractivity contribution in [1.29, 1.82) is 0 Å². The number of para-hydroxylation sites is 1. The van der Waals surface area contributed by atoms with E-state index in [1.807, 2.05) is 38.1 Å². The molecule has 0 spiro atoms. The first kappa shape index (κ1) is 17.3. The summed E-state index contributed by atoms with van der Waals surface area (Å²) in [5.41, 5.74) is 7.53. The van der Waals surface area contributed by atoms with E-state index < -0.39 is 10.0 Å². The van der Waals surface area contributed by atoms with Gasteiger partial charge in [0, 0.05) is 5.69 Å². The summed E-state index contributed by atoms with van der Waals surface area (Å²) in [6, 6.07) is 7.22. The van der Waals surface area contributed by atoms with Gasteiger partial charge >= 0.3 is 0 Å². The fourth-order valence-corrected chi connectivity index (χ4v) is 5.09. The van der Waals surface area contributed by atoms with Gasteiger partial charge in [-0.1, -0.05) is 51.3 Å². The lowest BCUT2D eigenvalue weighted by Gasteiger charge is -2.26. The fraction of sp³-hybridized carbons (Fsp3) is 0.647. The zero-order chi connectivity index (χ0) is 16.2. The molecule has 22 heavy (non-hydrogen) atoms. The van der Waals surface area contributed by atoms with E-state index in [9.17, 15) is 8.42 Å². The van der Waals surface area contributed by atoms with Gasteiger partial charge in [-0.15, -0.1) is 0 Å². The van der Waals surface area contributed by atoms with Crippen LogP contribution in [0.25, 0.3) is 0 Å². The summed E-state index contributed by atoms with van der Waals surface area (Å²) in [5, 5.41) is 0. The molecule has 3 N–H and O–H groups in total. The van der Waals surface area contributed by atoms with Gasteiger partial charge in [0.25, 0.3) is 0 Å².